The van der Waals surface area contributed by atoms with Crippen molar-refractivity contribution in [2.75, 3.05) is 13.4 Å². The predicted molar refractivity (Wildman–Crippen MR) is 86.8 cm³/mol. The van der Waals surface area contributed by atoms with Crippen molar-refractivity contribution < 1.29 is 27.1 Å². The van der Waals surface area contributed by atoms with Crippen molar-refractivity contribution in [3.63, 3.8) is 0 Å². The molecule has 0 atom stereocenters. The molecule has 6 nitrogen and oxygen atoms in total. The number of hydrogen-bond donors (Lipinski definition) is 1. The minimum Gasteiger partial charge on any atom is -0.496 e. The van der Waals surface area contributed by atoms with Gasteiger partial charge in [0.1, 0.15) is 23.1 Å². The third-order valence-corrected chi connectivity index (χ3v) is 3.69. The van der Waals surface area contributed by atoms with Gasteiger partial charge < -0.3 is 9.47 Å². The summed E-state index contributed by atoms with van der Waals surface area (Å²) >= 11 is 5.60. The monoisotopic (exact) mass is 373 g/mol. The van der Waals surface area contributed by atoms with E-state index in [1.54, 1.807) is 0 Å². The fourth-order valence-electron chi connectivity index (χ4n) is 1.82. The normalized spacial score (nSPS) is 11.0. The summed E-state index contributed by atoms with van der Waals surface area (Å²) in [6.45, 7) is 0. The van der Waals surface area contributed by atoms with Crippen molar-refractivity contribution in [3.8, 4) is 17.2 Å². The SMILES string of the molecule is COc1cc(Oc2ccc(Cl)c(F)c2)ccc1C(=O)NS(C)(=O)=O. The molecule has 9 heteroatoms. The molecule has 2 aromatic rings. The van der Waals surface area contributed by atoms with Crippen LogP contribution in [0.4, 0.5) is 4.39 Å². The van der Waals surface area contributed by atoms with E-state index in [9.17, 15) is 17.6 Å². The van der Waals surface area contributed by atoms with Gasteiger partial charge in [-0.3, -0.25) is 4.79 Å². The van der Waals surface area contributed by atoms with Crippen molar-refractivity contribution in [1.29, 1.82) is 0 Å². The highest BCUT2D eigenvalue weighted by Gasteiger charge is 2.17. The number of methoxy groups -OCH3 is 1. The van der Waals surface area contributed by atoms with Crippen LogP contribution in [-0.2, 0) is 10.0 Å². The van der Waals surface area contributed by atoms with E-state index >= 15 is 0 Å². The van der Waals surface area contributed by atoms with Gasteiger partial charge >= 0.3 is 0 Å². The van der Waals surface area contributed by atoms with Gasteiger partial charge in [-0.2, -0.15) is 0 Å². The Labute approximate surface area is 143 Å². The molecule has 0 spiro atoms. The van der Waals surface area contributed by atoms with E-state index in [4.69, 9.17) is 21.1 Å². The van der Waals surface area contributed by atoms with Gasteiger partial charge in [-0.05, 0) is 24.3 Å². The zero-order valence-corrected chi connectivity index (χ0v) is 14.2. The molecule has 0 saturated carbocycles. The molecule has 0 saturated heterocycles. The summed E-state index contributed by atoms with van der Waals surface area (Å²) in [4.78, 5) is 11.9. The topological polar surface area (TPSA) is 81.7 Å². The van der Waals surface area contributed by atoms with Crippen LogP contribution < -0.4 is 14.2 Å². The van der Waals surface area contributed by atoms with E-state index in [-0.39, 0.29) is 27.8 Å². The Hall–Kier alpha value is -2.32. The Bertz CT molecular complexity index is 885. The van der Waals surface area contributed by atoms with Gasteiger partial charge in [0.05, 0.1) is 24.0 Å². The smallest absolute Gasteiger partial charge is 0.268 e. The van der Waals surface area contributed by atoms with Crippen molar-refractivity contribution in [2.45, 2.75) is 0 Å². The average Bonchev–Trinajstić information content (AvgIpc) is 2.49. The number of ether oxygens (including phenoxy) is 2. The minimum atomic E-state index is -3.70. The predicted octanol–water partition coefficient (Wildman–Crippen LogP) is 2.97. The largest absolute Gasteiger partial charge is 0.496 e. The first-order valence-electron chi connectivity index (χ1n) is 6.52. The summed E-state index contributed by atoms with van der Waals surface area (Å²) in [5, 5.41) is -0.0345. The van der Waals surface area contributed by atoms with Crippen LogP contribution in [-0.4, -0.2) is 27.7 Å². The van der Waals surface area contributed by atoms with Crippen molar-refractivity contribution in [3.05, 3.63) is 52.8 Å². The molecule has 0 radical (unpaired) electrons. The summed E-state index contributed by atoms with van der Waals surface area (Å²) in [5.74, 6) is -0.899. The van der Waals surface area contributed by atoms with Crippen molar-refractivity contribution in [2.24, 2.45) is 0 Å². The second kappa shape index (κ2) is 7.06. The Balaban J connectivity index is 2.28. The number of carbonyl (C=O) groups is 1. The van der Waals surface area contributed by atoms with Crippen LogP contribution in [0.15, 0.2) is 36.4 Å². The van der Waals surface area contributed by atoms with Crippen LogP contribution in [0.2, 0.25) is 5.02 Å². The molecule has 0 aliphatic carbocycles. The fraction of sp³-hybridized carbons (Fsp3) is 0.133. The number of carbonyl (C=O) groups excluding carboxylic acids is 1. The zero-order chi connectivity index (χ0) is 17.9. The molecule has 0 aromatic heterocycles. The minimum absolute atomic E-state index is 0.0116. The lowest BCUT2D eigenvalue weighted by Crippen LogP contribution is -2.29. The van der Waals surface area contributed by atoms with Gasteiger partial charge in [0.2, 0.25) is 10.0 Å². The number of amides is 1. The second-order valence-corrected chi connectivity index (χ2v) is 6.90. The quantitative estimate of drug-likeness (QED) is 0.871. The lowest BCUT2D eigenvalue weighted by atomic mass is 10.2. The van der Waals surface area contributed by atoms with Gasteiger partial charge in [-0.1, -0.05) is 11.6 Å². The molecule has 0 heterocycles. The van der Waals surface area contributed by atoms with Gasteiger partial charge in [0, 0.05) is 12.1 Å². The molecule has 0 fully saturated rings. The van der Waals surface area contributed by atoms with Crippen LogP contribution in [0, 0.1) is 5.82 Å². The maximum atomic E-state index is 13.4. The number of rotatable bonds is 5. The first kappa shape index (κ1) is 18.0. The molecular weight excluding hydrogens is 361 g/mol. The van der Waals surface area contributed by atoms with E-state index in [1.165, 1.54) is 37.4 Å². The van der Waals surface area contributed by atoms with Crippen LogP contribution in [0.25, 0.3) is 0 Å². The summed E-state index contributed by atoms with van der Waals surface area (Å²) in [5.41, 5.74) is 0.0116. The number of sulfonamides is 1. The Morgan fingerprint density at radius 3 is 2.38 bits per heavy atom. The van der Waals surface area contributed by atoms with Crippen molar-refractivity contribution in [1.82, 2.24) is 4.72 Å². The molecule has 0 aliphatic heterocycles. The molecule has 2 aromatic carbocycles. The first-order valence-corrected chi connectivity index (χ1v) is 8.79. The molecule has 1 N–H and O–H groups in total. The number of nitrogens with one attached hydrogen (secondary N) is 1. The number of hydrogen-bond acceptors (Lipinski definition) is 5. The highest BCUT2D eigenvalue weighted by atomic mass is 35.5. The third-order valence-electron chi connectivity index (χ3n) is 2.82. The van der Waals surface area contributed by atoms with E-state index in [0.717, 1.165) is 12.3 Å². The highest BCUT2D eigenvalue weighted by molar-refractivity contribution is 7.89. The van der Waals surface area contributed by atoms with Crippen LogP contribution in [0.3, 0.4) is 0 Å². The lowest BCUT2D eigenvalue weighted by Gasteiger charge is -2.11. The first-order chi connectivity index (χ1) is 11.2. The van der Waals surface area contributed by atoms with Crippen LogP contribution in [0.1, 0.15) is 10.4 Å². The Morgan fingerprint density at radius 1 is 1.17 bits per heavy atom. The zero-order valence-electron chi connectivity index (χ0n) is 12.7. The third kappa shape index (κ3) is 4.59. The summed E-state index contributed by atoms with van der Waals surface area (Å²) in [6.07, 6.45) is 0.865. The molecule has 24 heavy (non-hydrogen) atoms. The van der Waals surface area contributed by atoms with E-state index in [0.29, 0.717) is 0 Å². The summed E-state index contributed by atoms with van der Waals surface area (Å²) in [6, 6.07) is 8.06. The van der Waals surface area contributed by atoms with Crippen molar-refractivity contribution >= 4 is 27.5 Å². The molecule has 2 rings (SSSR count). The average molecular weight is 374 g/mol. The van der Waals surface area contributed by atoms with E-state index in [2.05, 4.69) is 0 Å². The molecule has 1 amide bonds. The number of benzene rings is 2. The standard InChI is InChI=1S/C15H13ClFNO5S/c1-22-14-8-10(23-9-4-6-12(16)13(17)7-9)3-5-11(14)15(19)18-24(2,20)21/h3-8H,1-2H3,(H,18,19). The second-order valence-electron chi connectivity index (χ2n) is 4.74. The fourth-order valence-corrected chi connectivity index (χ4v) is 2.39. The lowest BCUT2D eigenvalue weighted by molar-refractivity contribution is 0.0978. The Kier molecular flexibility index (Phi) is 5.30. The number of halogens is 2. The summed E-state index contributed by atoms with van der Waals surface area (Å²) < 4.78 is 48.1. The van der Waals surface area contributed by atoms with Gasteiger partial charge in [-0.15, -0.1) is 0 Å². The highest BCUT2D eigenvalue weighted by Crippen LogP contribution is 2.30. The Morgan fingerprint density at radius 2 is 1.79 bits per heavy atom. The maximum Gasteiger partial charge on any atom is 0.268 e. The van der Waals surface area contributed by atoms with E-state index < -0.39 is 21.7 Å². The van der Waals surface area contributed by atoms with Gasteiger partial charge in [0.25, 0.3) is 5.91 Å². The van der Waals surface area contributed by atoms with E-state index in [1.807, 2.05) is 4.72 Å². The molecule has 0 unspecified atom stereocenters. The van der Waals surface area contributed by atoms with Crippen LogP contribution in [0.5, 0.6) is 17.2 Å². The summed E-state index contributed by atoms with van der Waals surface area (Å²) in [7, 11) is -2.39. The molecule has 128 valence electrons. The van der Waals surface area contributed by atoms with Crippen LogP contribution >= 0.6 is 11.6 Å². The molecule has 0 aliphatic rings. The van der Waals surface area contributed by atoms with Gasteiger partial charge in [-0.25, -0.2) is 17.5 Å². The molecule has 0 bridgehead atoms. The molecular formula is C15H13ClFNO5S. The maximum absolute atomic E-state index is 13.4. The van der Waals surface area contributed by atoms with Gasteiger partial charge in [0.15, 0.2) is 0 Å².